The number of pyridine rings is 1. The van der Waals surface area contributed by atoms with Gasteiger partial charge < -0.3 is 4.57 Å². The number of hydrogen-bond acceptors (Lipinski definition) is 1. The summed E-state index contributed by atoms with van der Waals surface area (Å²) in [5.74, 6) is 0. The average Bonchev–Trinajstić information content (AvgIpc) is 3.80. The van der Waals surface area contributed by atoms with E-state index < -0.39 is 0 Å². The lowest BCUT2D eigenvalue weighted by atomic mass is 9.82. The quantitative estimate of drug-likeness (QED) is 0.173. The van der Waals surface area contributed by atoms with Crippen LogP contribution in [0.2, 0.25) is 0 Å². The number of aromatic nitrogens is 2. The monoisotopic (exact) mass is 722 g/mol. The third-order valence-electron chi connectivity index (χ3n) is 12.0. The molecule has 0 saturated heterocycles. The molecule has 0 bridgehead atoms. The van der Waals surface area contributed by atoms with Gasteiger partial charge >= 0.3 is 0 Å². The fourth-order valence-electron chi connectivity index (χ4n) is 9.57. The second-order valence-corrected chi connectivity index (χ2v) is 15.0. The Labute approximate surface area is 330 Å². The molecule has 0 spiro atoms. The Bertz CT molecular complexity index is 3310. The van der Waals surface area contributed by atoms with Crippen molar-refractivity contribution in [1.29, 1.82) is 0 Å². The van der Waals surface area contributed by atoms with Crippen LogP contribution in [0.25, 0.3) is 116 Å². The molecule has 264 valence electrons. The number of nitrogens with zero attached hydrogens (tertiary/aromatic N) is 2. The minimum atomic E-state index is 1.03. The summed E-state index contributed by atoms with van der Waals surface area (Å²) >= 11 is 0. The van der Waals surface area contributed by atoms with Crippen LogP contribution in [0.1, 0.15) is 0 Å². The molecule has 12 rings (SSSR count). The van der Waals surface area contributed by atoms with E-state index in [0.717, 1.165) is 27.6 Å². The third-order valence-corrected chi connectivity index (χ3v) is 12.0. The topological polar surface area (TPSA) is 17.8 Å². The maximum Gasteiger partial charge on any atom is 0.0963 e. The lowest BCUT2D eigenvalue weighted by molar-refractivity contribution is 1.18. The second-order valence-electron chi connectivity index (χ2n) is 15.0. The van der Waals surface area contributed by atoms with Gasteiger partial charge in [0.1, 0.15) is 0 Å². The molecule has 9 aromatic carbocycles. The Balaban J connectivity index is 1.11. The van der Waals surface area contributed by atoms with Crippen molar-refractivity contribution >= 4 is 43.5 Å². The highest BCUT2D eigenvalue weighted by Gasteiger charge is 2.31. The smallest absolute Gasteiger partial charge is 0.0963 e. The molecular formula is C55H34N2. The van der Waals surface area contributed by atoms with Crippen molar-refractivity contribution in [1.82, 2.24) is 9.55 Å². The summed E-state index contributed by atoms with van der Waals surface area (Å²) in [4.78, 5) is 4.76. The number of para-hydroxylation sites is 1. The molecule has 0 unspecified atom stereocenters. The average molecular weight is 723 g/mol. The van der Waals surface area contributed by atoms with E-state index in [1.807, 2.05) is 12.3 Å². The van der Waals surface area contributed by atoms with Crippen molar-refractivity contribution in [3.8, 4) is 72.4 Å². The van der Waals surface area contributed by atoms with E-state index in [9.17, 15) is 0 Å². The standard InChI is InChI=1S/C55H34N2/c1-4-14-35(15-5-1)39-27-30-43-47(34-39)51(38-18-8-3-9-19-38)53-45-22-12-21-42-41(31-32-46(52(42)45)54(53)50(43)37-16-6-2-7-17-37)36-25-28-40(29-26-36)57-48-23-11-10-20-44(48)55-49(57)24-13-33-56-55/h1-34H. The van der Waals surface area contributed by atoms with Gasteiger partial charge in [0.15, 0.2) is 0 Å². The fourth-order valence-corrected chi connectivity index (χ4v) is 9.57. The van der Waals surface area contributed by atoms with E-state index in [2.05, 4.69) is 199 Å². The molecule has 1 aliphatic rings. The van der Waals surface area contributed by atoms with Gasteiger partial charge in [-0.05, 0) is 125 Å². The molecule has 0 saturated carbocycles. The number of benzene rings is 9. The first kappa shape index (κ1) is 31.8. The minimum absolute atomic E-state index is 1.03. The van der Waals surface area contributed by atoms with Crippen molar-refractivity contribution in [3.05, 3.63) is 206 Å². The number of fused-ring (bicyclic) bond motifs is 7. The van der Waals surface area contributed by atoms with Crippen molar-refractivity contribution in [2.45, 2.75) is 0 Å². The van der Waals surface area contributed by atoms with Crippen LogP contribution in [0.4, 0.5) is 0 Å². The molecule has 0 radical (unpaired) electrons. The van der Waals surface area contributed by atoms with Crippen LogP contribution in [-0.2, 0) is 0 Å². The van der Waals surface area contributed by atoms with Gasteiger partial charge in [0.05, 0.1) is 16.6 Å². The van der Waals surface area contributed by atoms with Gasteiger partial charge in [-0.3, -0.25) is 4.98 Å². The summed E-state index contributed by atoms with van der Waals surface area (Å²) in [6.07, 6.45) is 1.88. The van der Waals surface area contributed by atoms with Gasteiger partial charge in [0, 0.05) is 17.3 Å². The van der Waals surface area contributed by atoms with Crippen LogP contribution in [0.3, 0.4) is 0 Å². The van der Waals surface area contributed by atoms with E-state index in [1.165, 1.54) is 88.3 Å². The summed E-state index contributed by atoms with van der Waals surface area (Å²) in [7, 11) is 0. The number of rotatable bonds is 5. The zero-order chi connectivity index (χ0) is 37.5. The van der Waals surface area contributed by atoms with Gasteiger partial charge in [-0.2, -0.15) is 0 Å². The fraction of sp³-hybridized carbons (Fsp3) is 0. The Morgan fingerprint density at radius 1 is 0.316 bits per heavy atom. The highest BCUT2D eigenvalue weighted by molar-refractivity contribution is 6.29. The minimum Gasteiger partial charge on any atom is -0.308 e. The molecule has 0 N–H and O–H groups in total. The van der Waals surface area contributed by atoms with Gasteiger partial charge in [0.2, 0.25) is 0 Å². The molecule has 0 aliphatic heterocycles. The molecule has 0 amide bonds. The third kappa shape index (κ3) is 4.74. The zero-order valence-electron chi connectivity index (χ0n) is 31.0. The maximum absolute atomic E-state index is 4.76. The lowest BCUT2D eigenvalue weighted by Crippen LogP contribution is -1.94. The van der Waals surface area contributed by atoms with Crippen LogP contribution in [-0.4, -0.2) is 9.55 Å². The number of hydrogen-bond donors (Lipinski definition) is 0. The molecule has 11 aromatic rings. The largest absolute Gasteiger partial charge is 0.308 e. The first-order valence-corrected chi connectivity index (χ1v) is 19.6. The highest BCUT2D eigenvalue weighted by atomic mass is 15.0. The van der Waals surface area contributed by atoms with Crippen LogP contribution in [0, 0.1) is 0 Å². The summed E-state index contributed by atoms with van der Waals surface area (Å²) in [6.45, 7) is 0. The molecule has 0 fully saturated rings. The van der Waals surface area contributed by atoms with Gasteiger partial charge in [0.25, 0.3) is 0 Å². The summed E-state index contributed by atoms with van der Waals surface area (Å²) in [6, 6.07) is 73.2. The SMILES string of the molecule is c1ccc(-c2ccc3c(-c4ccccc4)c4c(c(-c5ccccc5)c3c2)-c2cccc3c(-c5ccc(-n6c7ccccc7c7ncccc76)cc5)ccc-4c23)cc1. The second kappa shape index (κ2) is 12.5. The molecule has 57 heavy (non-hydrogen) atoms. The van der Waals surface area contributed by atoms with Crippen LogP contribution >= 0.6 is 0 Å². The normalized spacial score (nSPS) is 11.9. The Kier molecular flexibility index (Phi) is 6.96. The Morgan fingerprint density at radius 2 is 0.895 bits per heavy atom. The molecule has 2 heterocycles. The lowest BCUT2D eigenvalue weighted by Gasteiger charge is -2.21. The Hall–Kier alpha value is -7.55. The van der Waals surface area contributed by atoms with Crippen molar-refractivity contribution in [2.24, 2.45) is 0 Å². The zero-order valence-corrected chi connectivity index (χ0v) is 31.0. The van der Waals surface area contributed by atoms with E-state index in [-0.39, 0.29) is 0 Å². The predicted octanol–water partition coefficient (Wildman–Crippen LogP) is 14.8. The predicted molar refractivity (Wildman–Crippen MR) is 240 cm³/mol. The molecule has 1 aliphatic carbocycles. The first-order valence-electron chi connectivity index (χ1n) is 19.6. The molecular weight excluding hydrogens is 689 g/mol. The maximum atomic E-state index is 4.76. The van der Waals surface area contributed by atoms with E-state index in [0.29, 0.717) is 0 Å². The molecule has 2 heteroatoms. The summed E-state index contributed by atoms with van der Waals surface area (Å²) < 4.78 is 2.33. The summed E-state index contributed by atoms with van der Waals surface area (Å²) in [5, 5.41) is 6.27. The summed E-state index contributed by atoms with van der Waals surface area (Å²) in [5.41, 5.74) is 19.5. The van der Waals surface area contributed by atoms with E-state index in [4.69, 9.17) is 4.98 Å². The van der Waals surface area contributed by atoms with E-state index in [1.54, 1.807) is 0 Å². The van der Waals surface area contributed by atoms with Crippen LogP contribution in [0.5, 0.6) is 0 Å². The Morgan fingerprint density at radius 3 is 1.63 bits per heavy atom. The van der Waals surface area contributed by atoms with Gasteiger partial charge in [-0.15, -0.1) is 0 Å². The molecule has 0 atom stereocenters. The van der Waals surface area contributed by atoms with Gasteiger partial charge in [-0.1, -0.05) is 164 Å². The molecule has 2 aromatic heterocycles. The van der Waals surface area contributed by atoms with Crippen LogP contribution < -0.4 is 0 Å². The molecule has 2 nitrogen and oxygen atoms in total. The van der Waals surface area contributed by atoms with E-state index >= 15 is 0 Å². The van der Waals surface area contributed by atoms with Crippen LogP contribution in [0.15, 0.2) is 206 Å². The van der Waals surface area contributed by atoms with Crippen molar-refractivity contribution in [3.63, 3.8) is 0 Å². The first-order chi connectivity index (χ1) is 28.3. The van der Waals surface area contributed by atoms with Crippen molar-refractivity contribution < 1.29 is 0 Å². The highest BCUT2D eigenvalue weighted by Crippen LogP contribution is 2.58. The van der Waals surface area contributed by atoms with Gasteiger partial charge in [-0.25, -0.2) is 0 Å². The van der Waals surface area contributed by atoms with Crippen molar-refractivity contribution in [2.75, 3.05) is 0 Å².